The summed E-state index contributed by atoms with van der Waals surface area (Å²) in [5, 5.41) is 0. The van der Waals surface area contributed by atoms with Gasteiger partial charge in [0.25, 0.3) is 0 Å². The molecular weight excluding hydrogens is 298 g/mol. The zero-order valence-electron chi connectivity index (χ0n) is 15.9. The Morgan fingerprint density at radius 1 is 0.522 bits per heavy atom. The molecule has 0 aromatic carbocycles. The van der Waals surface area contributed by atoms with E-state index in [1.165, 1.54) is 116 Å². The third kappa shape index (κ3) is 21.9. The molecule has 0 aliphatic heterocycles. The Morgan fingerprint density at radius 3 is 1.04 bits per heavy atom. The van der Waals surface area contributed by atoms with E-state index < -0.39 is 0 Å². The summed E-state index contributed by atoms with van der Waals surface area (Å²) in [6, 6.07) is 0. The van der Waals surface area contributed by atoms with Gasteiger partial charge in [-0.1, -0.05) is 128 Å². The average Bonchev–Trinajstić information content (AvgIpc) is 2.53. The number of nitrogens with two attached hydrogens (primary N) is 1. The van der Waals surface area contributed by atoms with E-state index in [0.29, 0.717) is 4.99 Å². The number of rotatable bonds is 19. The van der Waals surface area contributed by atoms with Gasteiger partial charge < -0.3 is 5.73 Å². The van der Waals surface area contributed by atoms with Crippen molar-refractivity contribution in [2.45, 2.75) is 129 Å². The van der Waals surface area contributed by atoms with E-state index in [9.17, 15) is 0 Å². The average molecular weight is 342 g/mol. The monoisotopic (exact) mass is 341 g/mol. The second-order valence-electron chi connectivity index (χ2n) is 7.23. The van der Waals surface area contributed by atoms with Crippen molar-refractivity contribution in [3.8, 4) is 0 Å². The third-order valence-corrected chi connectivity index (χ3v) is 4.98. The van der Waals surface area contributed by atoms with Crippen LogP contribution in [0.4, 0.5) is 0 Å². The van der Waals surface area contributed by atoms with Crippen molar-refractivity contribution in [1.82, 2.24) is 0 Å². The lowest BCUT2D eigenvalue weighted by Gasteiger charge is -2.03. The molecule has 0 heterocycles. The molecule has 23 heavy (non-hydrogen) atoms. The van der Waals surface area contributed by atoms with E-state index in [-0.39, 0.29) is 0 Å². The van der Waals surface area contributed by atoms with Crippen LogP contribution in [0.2, 0.25) is 0 Å². The maximum Gasteiger partial charge on any atom is 0.0727 e. The molecule has 0 fully saturated rings. The fraction of sp³-hybridized carbons (Fsp3) is 0.952. The summed E-state index contributed by atoms with van der Waals surface area (Å²) < 4.78 is 0. The minimum atomic E-state index is 0.682. The summed E-state index contributed by atoms with van der Waals surface area (Å²) in [7, 11) is 0. The van der Waals surface area contributed by atoms with Crippen molar-refractivity contribution in [1.29, 1.82) is 0 Å². The molecule has 0 aliphatic rings. The van der Waals surface area contributed by atoms with Crippen LogP contribution in [-0.4, -0.2) is 4.99 Å². The van der Waals surface area contributed by atoms with E-state index in [1.807, 2.05) is 0 Å². The fourth-order valence-electron chi connectivity index (χ4n) is 3.20. The minimum absolute atomic E-state index is 0.682. The van der Waals surface area contributed by atoms with Crippen LogP contribution in [-0.2, 0) is 0 Å². The molecule has 138 valence electrons. The van der Waals surface area contributed by atoms with E-state index in [2.05, 4.69) is 6.92 Å². The number of hydrogen-bond acceptors (Lipinski definition) is 1. The standard InChI is InChI=1S/C21H43NS/c1-2-3-4-5-6-7-8-9-10-11-12-13-14-15-16-17-18-19-20-21(22)23/h2-20H2,1H3,(H2,22,23). The first-order valence-corrected chi connectivity index (χ1v) is 11.0. The maximum atomic E-state index is 5.50. The Labute approximate surface area is 152 Å². The molecule has 0 amide bonds. The summed E-state index contributed by atoms with van der Waals surface area (Å²) in [5.41, 5.74) is 5.50. The van der Waals surface area contributed by atoms with E-state index in [1.54, 1.807) is 0 Å². The summed E-state index contributed by atoms with van der Waals surface area (Å²) in [6.45, 7) is 2.29. The van der Waals surface area contributed by atoms with Crippen LogP contribution >= 0.6 is 12.2 Å². The smallest absolute Gasteiger partial charge is 0.0727 e. The molecule has 2 N–H and O–H groups in total. The van der Waals surface area contributed by atoms with E-state index in [4.69, 9.17) is 18.0 Å². The van der Waals surface area contributed by atoms with Gasteiger partial charge in [-0.3, -0.25) is 0 Å². The SMILES string of the molecule is CCCCCCCCCCCCCCCCCCCCC(N)=S. The minimum Gasteiger partial charge on any atom is -0.393 e. The van der Waals surface area contributed by atoms with Crippen molar-refractivity contribution < 1.29 is 0 Å². The Balaban J connectivity index is 2.96. The highest BCUT2D eigenvalue weighted by Gasteiger charge is 1.95. The first-order valence-electron chi connectivity index (χ1n) is 10.6. The predicted molar refractivity (Wildman–Crippen MR) is 110 cm³/mol. The second kappa shape index (κ2) is 19.9. The van der Waals surface area contributed by atoms with Crippen molar-refractivity contribution >= 4 is 17.2 Å². The molecule has 0 spiro atoms. The summed E-state index contributed by atoms with van der Waals surface area (Å²) in [6.07, 6.45) is 26.5. The van der Waals surface area contributed by atoms with Gasteiger partial charge in [-0.25, -0.2) is 0 Å². The Kier molecular flexibility index (Phi) is 19.8. The highest BCUT2D eigenvalue weighted by Crippen LogP contribution is 2.14. The normalized spacial score (nSPS) is 11.0. The third-order valence-electron chi connectivity index (χ3n) is 4.78. The first-order chi connectivity index (χ1) is 11.3. The van der Waals surface area contributed by atoms with Crippen molar-refractivity contribution in [3.05, 3.63) is 0 Å². The van der Waals surface area contributed by atoms with Crippen LogP contribution in [0.15, 0.2) is 0 Å². The molecular formula is C21H43NS. The molecule has 0 aromatic heterocycles. The predicted octanol–water partition coefficient (Wildman–Crippen LogP) is 7.70. The van der Waals surface area contributed by atoms with Gasteiger partial charge in [0.1, 0.15) is 0 Å². The van der Waals surface area contributed by atoms with Crippen LogP contribution in [0.5, 0.6) is 0 Å². The van der Waals surface area contributed by atoms with E-state index >= 15 is 0 Å². The molecule has 0 saturated carbocycles. The zero-order valence-corrected chi connectivity index (χ0v) is 16.7. The summed E-state index contributed by atoms with van der Waals surface area (Å²) in [5.74, 6) is 0. The molecule has 0 rings (SSSR count). The quantitative estimate of drug-likeness (QED) is 0.192. The van der Waals surface area contributed by atoms with Gasteiger partial charge in [0.15, 0.2) is 0 Å². The number of thiocarbonyl (C=S) groups is 1. The van der Waals surface area contributed by atoms with Crippen molar-refractivity contribution in [2.24, 2.45) is 5.73 Å². The topological polar surface area (TPSA) is 26.0 Å². The maximum absolute atomic E-state index is 5.50. The van der Waals surface area contributed by atoms with Crippen LogP contribution < -0.4 is 5.73 Å². The Hall–Kier alpha value is -0.110. The van der Waals surface area contributed by atoms with Crippen LogP contribution in [0.25, 0.3) is 0 Å². The lowest BCUT2D eigenvalue weighted by Crippen LogP contribution is -2.06. The van der Waals surface area contributed by atoms with Gasteiger partial charge in [-0.15, -0.1) is 0 Å². The van der Waals surface area contributed by atoms with Gasteiger partial charge in [-0.2, -0.15) is 0 Å². The zero-order chi connectivity index (χ0) is 17.0. The highest BCUT2D eigenvalue weighted by molar-refractivity contribution is 7.80. The van der Waals surface area contributed by atoms with Crippen LogP contribution in [0, 0.1) is 0 Å². The van der Waals surface area contributed by atoms with Crippen molar-refractivity contribution in [3.63, 3.8) is 0 Å². The second-order valence-corrected chi connectivity index (χ2v) is 7.75. The first kappa shape index (κ1) is 22.9. The Morgan fingerprint density at radius 2 is 0.783 bits per heavy atom. The van der Waals surface area contributed by atoms with E-state index in [0.717, 1.165) is 6.42 Å². The van der Waals surface area contributed by atoms with Gasteiger partial charge in [-0.05, 0) is 12.8 Å². The summed E-state index contributed by atoms with van der Waals surface area (Å²) >= 11 is 4.89. The molecule has 0 atom stereocenters. The van der Waals surface area contributed by atoms with Crippen LogP contribution in [0.1, 0.15) is 129 Å². The number of unbranched alkanes of at least 4 members (excludes halogenated alkanes) is 17. The van der Waals surface area contributed by atoms with Crippen molar-refractivity contribution in [2.75, 3.05) is 0 Å². The largest absolute Gasteiger partial charge is 0.393 e. The van der Waals surface area contributed by atoms with Gasteiger partial charge in [0.2, 0.25) is 0 Å². The fourth-order valence-corrected chi connectivity index (χ4v) is 3.35. The van der Waals surface area contributed by atoms with Gasteiger partial charge in [0.05, 0.1) is 4.99 Å². The lowest BCUT2D eigenvalue weighted by molar-refractivity contribution is 0.526. The molecule has 0 radical (unpaired) electrons. The Bertz CT molecular complexity index is 240. The molecule has 0 bridgehead atoms. The van der Waals surface area contributed by atoms with Gasteiger partial charge in [0, 0.05) is 0 Å². The highest BCUT2D eigenvalue weighted by atomic mass is 32.1. The lowest BCUT2D eigenvalue weighted by atomic mass is 10.0. The molecule has 0 saturated heterocycles. The number of hydrogen-bond donors (Lipinski definition) is 1. The molecule has 0 aromatic rings. The van der Waals surface area contributed by atoms with Crippen LogP contribution in [0.3, 0.4) is 0 Å². The molecule has 1 nitrogen and oxygen atoms in total. The molecule has 2 heteroatoms. The summed E-state index contributed by atoms with van der Waals surface area (Å²) in [4.78, 5) is 0.682. The molecule has 0 unspecified atom stereocenters. The molecule has 0 aliphatic carbocycles. The van der Waals surface area contributed by atoms with Gasteiger partial charge >= 0.3 is 0 Å².